The number of ether oxygens (including phenoxy) is 2. The number of rotatable bonds is 13. The van der Waals surface area contributed by atoms with Crippen molar-refractivity contribution in [3.05, 3.63) is 28.8 Å². The summed E-state index contributed by atoms with van der Waals surface area (Å²) in [5.74, 6) is 2.59. The molecule has 2 rings (SSSR count). The van der Waals surface area contributed by atoms with Crippen LogP contribution in [0.4, 0.5) is 0 Å². The fraction of sp³-hybridized carbons (Fsp3) is 0.793. The highest BCUT2D eigenvalue weighted by atomic mass is 16.5. The molecule has 31 heavy (non-hydrogen) atoms. The van der Waals surface area contributed by atoms with Gasteiger partial charge in [-0.1, -0.05) is 66.0 Å². The highest BCUT2D eigenvalue weighted by Crippen LogP contribution is 2.46. The van der Waals surface area contributed by atoms with E-state index in [9.17, 15) is 0 Å². The molecule has 0 aliphatic heterocycles. The average Bonchev–Trinajstić information content (AvgIpc) is 2.77. The van der Waals surface area contributed by atoms with Gasteiger partial charge in [-0.3, -0.25) is 0 Å². The maximum Gasteiger partial charge on any atom is 0.125 e. The van der Waals surface area contributed by atoms with Crippen LogP contribution in [0, 0.1) is 11.8 Å². The third-order valence-electron chi connectivity index (χ3n) is 7.70. The minimum atomic E-state index is 0.178. The molecule has 0 amide bonds. The summed E-state index contributed by atoms with van der Waals surface area (Å²) in [6, 6.07) is 4.96. The van der Waals surface area contributed by atoms with Crippen molar-refractivity contribution in [2.75, 3.05) is 13.2 Å². The Morgan fingerprint density at radius 1 is 0.903 bits per heavy atom. The van der Waals surface area contributed by atoms with E-state index in [1.807, 2.05) is 0 Å². The van der Waals surface area contributed by atoms with Gasteiger partial charge in [0, 0.05) is 6.61 Å². The molecule has 178 valence electrons. The first kappa shape index (κ1) is 26.2. The van der Waals surface area contributed by atoms with Crippen molar-refractivity contribution in [2.45, 2.75) is 124 Å². The summed E-state index contributed by atoms with van der Waals surface area (Å²) in [4.78, 5) is 0. The van der Waals surface area contributed by atoms with Crippen LogP contribution in [0.2, 0.25) is 0 Å². The number of aryl methyl sites for hydroxylation is 2. The molecule has 1 aromatic carbocycles. The molecule has 0 radical (unpaired) electrons. The zero-order valence-corrected chi connectivity index (χ0v) is 21.7. The molecule has 0 N–H and O–H groups in total. The van der Waals surface area contributed by atoms with Crippen molar-refractivity contribution >= 4 is 0 Å². The number of benzene rings is 1. The third kappa shape index (κ3) is 6.73. The Hall–Kier alpha value is -1.02. The van der Waals surface area contributed by atoms with E-state index in [1.54, 1.807) is 0 Å². The van der Waals surface area contributed by atoms with E-state index < -0.39 is 0 Å². The molecule has 3 unspecified atom stereocenters. The van der Waals surface area contributed by atoms with Gasteiger partial charge in [0.2, 0.25) is 0 Å². The molecule has 0 saturated heterocycles. The number of unbranched alkanes of at least 4 members (excludes halogenated alkanes) is 2. The van der Waals surface area contributed by atoms with E-state index in [4.69, 9.17) is 9.47 Å². The lowest BCUT2D eigenvalue weighted by molar-refractivity contribution is -0.0293. The van der Waals surface area contributed by atoms with Gasteiger partial charge in [-0.15, -0.1) is 0 Å². The standard InChI is InChI=1S/C29H50O2/c1-8-13-15-23-20-25(17-18-27(23)30-11-4)29(6,7)26-19-22(10-3)28(31-12-5)24(21-26)16-14-9-2/h19,21,23,25,27H,8-18,20H2,1-7H3. The lowest BCUT2D eigenvalue weighted by Crippen LogP contribution is -2.39. The highest BCUT2D eigenvalue weighted by Gasteiger charge is 2.39. The van der Waals surface area contributed by atoms with E-state index in [2.05, 4.69) is 60.6 Å². The molecule has 0 spiro atoms. The zero-order valence-electron chi connectivity index (χ0n) is 21.7. The van der Waals surface area contributed by atoms with Gasteiger partial charge in [-0.2, -0.15) is 0 Å². The van der Waals surface area contributed by atoms with E-state index in [-0.39, 0.29) is 5.41 Å². The zero-order chi connectivity index (χ0) is 22.9. The van der Waals surface area contributed by atoms with Gasteiger partial charge in [0.15, 0.2) is 0 Å². The summed E-state index contributed by atoms with van der Waals surface area (Å²) in [5, 5.41) is 0. The van der Waals surface area contributed by atoms with Gasteiger partial charge in [0.1, 0.15) is 5.75 Å². The summed E-state index contributed by atoms with van der Waals surface area (Å²) in [5.41, 5.74) is 4.52. The van der Waals surface area contributed by atoms with Crippen molar-refractivity contribution in [1.29, 1.82) is 0 Å². The van der Waals surface area contributed by atoms with Crippen LogP contribution in [-0.4, -0.2) is 19.3 Å². The van der Waals surface area contributed by atoms with Crippen molar-refractivity contribution in [2.24, 2.45) is 11.8 Å². The van der Waals surface area contributed by atoms with Crippen LogP contribution in [0.3, 0.4) is 0 Å². The largest absolute Gasteiger partial charge is 0.493 e. The van der Waals surface area contributed by atoms with E-state index in [0.717, 1.165) is 26.1 Å². The molecule has 1 aromatic rings. The first-order valence-corrected chi connectivity index (χ1v) is 13.3. The third-order valence-corrected chi connectivity index (χ3v) is 7.70. The molecule has 0 heterocycles. The van der Waals surface area contributed by atoms with Crippen molar-refractivity contribution in [1.82, 2.24) is 0 Å². The molecule has 1 fully saturated rings. The average molecular weight is 431 g/mol. The smallest absolute Gasteiger partial charge is 0.125 e. The predicted molar refractivity (Wildman–Crippen MR) is 134 cm³/mol. The molecule has 2 heteroatoms. The summed E-state index contributed by atoms with van der Waals surface area (Å²) < 4.78 is 12.3. The number of hydrogen-bond acceptors (Lipinski definition) is 2. The molecule has 0 aromatic heterocycles. The van der Waals surface area contributed by atoms with Gasteiger partial charge >= 0.3 is 0 Å². The van der Waals surface area contributed by atoms with Crippen LogP contribution in [0.1, 0.15) is 117 Å². The van der Waals surface area contributed by atoms with Crippen molar-refractivity contribution in [3.63, 3.8) is 0 Å². The first-order valence-electron chi connectivity index (χ1n) is 13.3. The van der Waals surface area contributed by atoms with E-state index >= 15 is 0 Å². The van der Waals surface area contributed by atoms with Crippen molar-refractivity contribution < 1.29 is 9.47 Å². The topological polar surface area (TPSA) is 18.5 Å². The lowest BCUT2D eigenvalue weighted by Gasteiger charge is -2.44. The molecule has 1 aliphatic carbocycles. The quantitative estimate of drug-likeness (QED) is 0.313. The van der Waals surface area contributed by atoms with Crippen LogP contribution in [0.15, 0.2) is 12.1 Å². The molecule has 1 aliphatic rings. The predicted octanol–water partition coefficient (Wildman–Crippen LogP) is 8.28. The lowest BCUT2D eigenvalue weighted by atomic mass is 9.63. The Bertz CT molecular complexity index is 648. The molecule has 3 atom stereocenters. The first-order chi connectivity index (χ1) is 14.9. The normalized spacial score (nSPS) is 22.0. The Labute approximate surface area is 193 Å². The summed E-state index contributed by atoms with van der Waals surface area (Å²) in [6.07, 6.45) is 12.8. The van der Waals surface area contributed by atoms with Crippen LogP contribution in [-0.2, 0) is 23.0 Å². The van der Waals surface area contributed by atoms with Crippen LogP contribution < -0.4 is 4.74 Å². The second kappa shape index (κ2) is 12.9. The van der Waals surface area contributed by atoms with Gasteiger partial charge < -0.3 is 9.47 Å². The second-order valence-corrected chi connectivity index (χ2v) is 10.1. The summed E-state index contributed by atoms with van der Waals surface area (Å²) >= 11 is 0. The van der Waals surface area contributed by atoms with Gasteiger partial charge in [0.05, 0.1) is 12.7 Å². The molecule has 2 nitrogen and oxygen atoms in total. The summed E-state index contributed by atoms with van der Waals surface area (Å²) in [6.45, 7) is 17.7. The maximum absolute atomic E-state index is 6.19. The molecule has 1 saturated carbocycles. The van der Waals surface area contributed by atoms with Crippen LogP contribution in [0.25, 0.3) is 0 Å². The minimum absolute atomic E-state index is 0.178. The Morgan fingerprint density at radius 3 is 2.23 bits per heavy atom. The minimum Gasteiger partial charge on any atom is -0.493 e. The summed E-state index contributed by atoms with van der Waals surface area (Å²) in [7, 11) is 0. The second-order valence-electron chi connectivity index (χ2n) is 10.1. The SMILES string of the molecule is CCCCc1cc(C(C)(C)C2CCC(OCC)C(CCCC)C2)cc(CC)c1OCC. The molecule has 0 bridgehead atoms. The Morgan fingerprint density at radius 2 is 1.61 bits per heavy atom. The van der Waals surface area contributed by atoms with Crippen LogP contribution >= 0.6 is 0 Å². The fourth-order valence-corrected chi connectivity index (χ4v) is 5.60. The Kier molecular flexibility index (Phi) is 10.9. The molecular weight excluding hydrogens is 380 g/mol. The maximum atomic E-state index is 6.19. The van der Waals surface area contributed by atoms with Gasteiger partial charge in [0.25, 0.3) is 0 Å². The van der Waals surface area contributed by atoms with Crippen molar-refractivity contribution in [3.8, 4) is 5.75 Å². The van der Waals surface area contributed by atoms with E-state index in [1.165, 1.54) is 73.8 Å². The van der Waals surface area contributed by atoms with Gasteiger partial charge in [-0.05, 0) is 92.7 Å². The highest BCUT2D eigenvalue weighted by molar-refractivity contribution is 5.47. The molecular formula is C29H50O2. The van der Waals surface area contributed by atoms with Gasteiger partial charge in [-0.25, -0.2) is 0 Å². The van der Waals surface area contributed by atoms with Crippen LogP contribution in [0.5, 0.6) is 5.75 Å². The Balaban J connectivity index is 2.34. The van der Waals surface area contributed by atoms with E-state index in [0.29, 0.717) is 17.9 Å². The fourth-order valence-electron chi connectivity index (χ4n) is 5.60. The monoisotopic (exact) mass is 430 g/mol. The number of hydrogen-bond donors (Lipinski definition) is 0.